The Balaban J connectivity index is 1.36. The van der Waals surface area contributed by atoms with Gasteiger partial charge in [-0.05, 0) is 30.5 Å². The maximum atomic E-state index is 14.3. The third-order valence-electron chi connectivity index (χ3n) is 8.08. The fourth-order valence-corrected chi connectivity index (χ4v) is 7.04. The minimum absolute atomic E-state index is 0.0537. The van der Waals surface area contributed by atoms with Crippen LogP contribution in [0.3, 0.4) is 0 Å². The van der Waals surface area contributed by atoms with Gasteiger partial charge < -0.3 is 24.6 Å². The summed E-state index contributed by atoms with van der Waals surface area (Å²) in [5.41, 5.74) is 0.867. The predicted octanol–water partition coefficient (Wildman–Crippen LogP) is 2.27. The summed E-state index contributed by atoms with van der Waals surface area (Å²) >= 11 is 1.35. The van der Waals surface area contributed by atoms with Gasteiger partial charge in [0.25, 0.3) is 0 Å². The number of aliphatic carboxylic acids is 1. The number of nitrogens with zero attached hydrogens (tertiary/aromatic N) is 3. The highest BCUT2D eigenvalue weighted by Gasteiger charge is 2.67. The van der Waals surface area contributed by atoms with Gasteiger partial charge in [0.2, 0.25) is 0 Å². The number of carbonyl (C=O) groups is 2. The number of hydrogen-bond donors (Lipinski definition) is 2. The van der Waals surface area contributed by atoms with Crippen LogP contribution in [0, 0.1) is 17.0 Å². The molecule has 3 fully saturated rings. The van der Waals surface area contributed by atoms with Gasteiger partial charge in [0.15, 0.2) is 22.5 Å². The Morgan fingerprint density at radius 2 is 2.15 bits per heavy atom. The standard InChI is InChI=1S/C26H26F2N4O6S/c1-36-25(35)21-17(9-32-18-7-14(38-11-20(33)34)8-26(18)12-37-10-19(26)32)30-23(24-29-4-5-39-24)31-22(21)13-2-3-15(27)16(28)6-13/h2-6,14,18-19,22H,7-12H2,1H3,(H,30,31)(H,33,34)/t14?,18?,19?,22-,26?/m0/s1. The summed E-state index contributed by atoms with van der Waals surface area (Å²) in [4.78, 5) is 35.5. The molecule has 2 N–H and O–H groups in total. The van der Waals surface area contributed by atoms with Crippen molar-refractivity contribution in [2.75, 3.05) is 33.5 Å². The lowest BCUT2D eigenvalue weighted by molar-refractivity contribution is -0.144. The number of aliphatic imine (C=N–C) groups is 1. The molecule has 1 aromatic heterocycles. The van der Waals surface area contributed by atoms with E-state index in [2.05, 4.69) is 20.2 Å². The van der Waals surface area contributed by atoms with Crippen molar-refractivity contribution in [3.05, 3.63) is 63.3 Å². The maximum absolute atomic E-state index is 14.3. The molecule has 2 saturated heterocycles. The number of methoxy groups -OCH3 is 1. The lowest BCUT2D eigenvalue weighted by atomic mass is 9.68. The zero-order chi connectivity index (χ0) is 27.3. The number of aromatic nitrogens is 1. The van der Waals surface area contributed by atoms with E-state index >= 15 is 0 Å². The highest BCUT2D eigenvalue weighted by molar-refractivity contribution is 7.11. The van der Waals surface area contributed by atoms with Crippen LogP contribution in [0.25, 0.3) is 0 Å². The Kier molecular flexibility index (Phi) is 6.69. The van der Waals surface area contributed by atoms with Crippen molar-refractivity contribution in [3.63, 3.8) is 0 Å². The first-order chi connectivity index (χ1) is 18.8. The fourth-order valence-electron chi connectivity index (χ4n) is 6.45. The van der Waals surface area contributed by atoms with Crippen LogP contribution in [-0.4, -0.2) is 84.4 Å². The maximum Gasteiger partial charge on any atom is 0.338 e. The molecule has 3 aliphatic heterocycles. The average molecular weight is 561 g/mol. The molecule has 1 aromatic carbocycles. The van der Waals surface area contributed by atoms with Crippen molar-refractivity contribution in [2.45, 2.75) is 37.1 Å². The summed E-state index contributed by atoms with van der Waals surface area (Å²) in [5.74, 6) is -3.29. The van der Waals surface area contributed by atoms with E-state index in [0.717, 1.165) is 12.1 Å². The molecule has 4 aliphatic rings. The number of hydrogen-bond acceptors (Lipinski definition) is 10. The second-order valence-corrected chi connectivity index (χ2v) is 11.0. The van der Waals surface area contributed by atoms with Crippen LogP contribution in [0.2, 0.25) is 0 Å². The van der Waals surface area contributed by atoms with Crippen LogP contribution >= 0.6 is 11.3 Å². The van der Waals surface area contributed by atoms with Gasteiger partial charge >= 0.3 is 11.9 Å². The number of amidine groups is 1. The van der Waals surface area contributed by atoms with Gasteiger partial charge in [0.05, 0.1) is 32.0 Å². The van der Waals surface area contributed by atoms with Crippen molar-refractivity contribution >= 4 is 29.1 Å². The Morgan fingerprint density at radius 1 is 1.31 bits per heavy atom. The Labute approximate surface area is 226 Å². The van der Waals surface area contributed by atoms with Crippen molar-refractivity contribution in [2.24, 2.45) is 10.4 Å². The minimum atomic E-state index is -1.04. The topological polar surface area (TPSA) is 123 Å². The lowest BCUT2D eigenvalue weighted by Gasteiger charge is -2.57. The van der Waals surface area contributed by atoms with Crippen LogP contribution in [0.4, 0.5) is 8.78 Å². The number of carboxylic acids is 1. The predicted molar refractivity (Wildman–Crippen MR) is 134 cm³/mol. The number of ether oxygens (including phenoxy) is 3. The van der Waals surface area contributed by atoms with E-state index in [4.69, 9.17) is 19.3 Å². The summed E-state index contributed by atoms with van der Waals surface area (Å²) in [5, 5.41) is 14.7. The molecule has 13 heteroatoms. The van der Waals surface area contributed by atoms with Gasteiger partial charge in [0.1, 0.15) is 12.6 Å². The summed E-state index contributed by atoms with van der Waals surface area (Å²) < 4.78 is 44.7. The lowest BCUT2D eigenvalue weighted by Crippen LogP contribution is -2.69. The zero-order valence-electron chi connectivity index (χ0n) is 20.9. The van der Waals surface area contributed by atoms with Gasteiger partial charge in [-0.15, -0.1) is 11.3 Å². The van der Waals surface area contributed by atoms with Gasteiger partial charge in [-0.1, -0.05) is 6.07 Å². The first kappa shape index (κ1) is 26.0. The zero-order valence-corrected chi connectivity index (χ0v) is 21.7. The van der Waals surface area contributed by atoms with E-state index in [0.29, 0.717) is 54.7 Å². The molecule has 0 amide bonds. The molecule has 1 spiro atoms. The molecule has 0 bridgehead atoms. The first-order valence-electron chi connectivity index (χ1n) is 12.5. The number of carbonyl (C=O) groups excluding carboxylic acids is 1. The Bertz CT molecular complexity index is 1370. The van der Waals surface area contributed by atoms with Crippen LogP contribution in [0.5, 0.6) is 0 Å². The number of halogens is 2. The number of carboxylic acid groups (broad SMARTS) is 1. The quantitative estimate of drug-likeness (QED) is 0.468. The second kappa shape index (κ2) is 10.0. The molecule has 4 heterocycles. The van der Waals surface area contributed by atoms with Gasteiger partial charge in [-0.25, -0.2) is 23.4 Å². The summed E-state index contributed by atoms with van der Waals surface area (Å²) in [7, 11) is 1.26. The average Bonchev–Trinajstić information content (AvgIpc) is 3.66. The van der Waals surface area contributed by atoms with E-state index in [1.54, 1.807) is 11.6 Å². The number of esters is 1. The van der Waals surface area contributed by atoms with Crippen molar-refractivity contribution in [3.8, 4) is 0 Å². The van der Waals surface area contributed by atoms with E-state index < -0.39 is 29.6 Å². The third kappa shape index (κ3) is 4.42. The van der Waals surface area contributed by atoms with Crippen molar-refractivity contribution in [1.82, 2.24) is 15.2 Å². The minimum Gasteiger partial charge on any atom is -0.480 e. The van der Waals surface area contributed by atoms with Crippen LogP contribution in [0.1, 0.15) is 29.5 Å². The molecule has 206 valence electrons. The number of thiazole rings is 1. The molecule has 1 aliphatic carbocycles. The summed E-state index contributed by atoms with van der Waals surface area (Å²) in [6.07, 6.45) is 2.75. The molecule has 5 atom stereocenters. The van der Waals surface area contributed by atoms with Crippen molar-refractivity contribution < 1.29 is 37.7 Å². The molecule has 6 rings (SSSR count). The van der Waals surface area contributed by atoms with E-state index in [1.807, 2.05) is 0 Å². The number of nitrogens with one attached hydrogen (secondary N) is 1. The Hall–Kier alpha value is -3.26. The fraction of sp³-hybridized carbons (Fsp3) is 0.462. The summed E-state index contributed by atoms with van der Waals surface area (Å²) in [6.45, 7) is 1.01. The van der Waals surface area contributed by atoms with Gasteiger partial charge in [-0.2, -0.15) is 0 Å². The smallest absolute Gasteiger partial charge is 0.338 e. The van der Waals surface area contributed by atoms with Crippen LogP contribution in [-0.2, 0) is 23.8 Å². The van der Waals surface area contributed by atoms with E-state index in [-0.39, 0.29) is 35.8 Å². The molecule has 10 nitrogen and oxygen atoms in total. The highest BCUT2D eigenvalue weighted by Crippen LogP contribution is 2.58. The van der Waals surface area contributed by atoms with E-state index in [9.17, 15) is 18.4 Å². The second-order valence-electron chi connectivity index (χ2n) is 10.1. The SMILES string of the molecule is COC(=O)C1=C(CN2C3COCC34CC(OCC(=O)O)CC24)NC(c2nccs2)=N[C@H]1c1ccc(F)c(F)c1. The summed E-state index contributed by atoms with van der Waals surface area (Å²) in [6, 6.07) is 2.60. The van der Waals surface area contributed by atoms with Crippen molar-refractivity contribution in [1.29, 1.82) is 0 Å². The molecule has 39 heavy (non-hydrogen) atoms. The molecule has 0 radical (unpaired) electrons. The monoisotopic (exact) mass is 560 g/mol. The highest BCUT2D eigenvalue weighted by atomic mass is 32.1. The Morgan fingerprint density at radius 3 is 2.87 bits per heavy atom. The van der Waals surface area contributed by atoms with Gasteiger partial charge in [-0.3, -0.25) is 9.89 Å². The molecule has 4 unspecified atom stereocenters. The molecule has 2 aromatic rings. The first-order valence-corrected chi connectivity index (χ1v) is 13.4. The largest absolute Gasteiger partial charge is 0.480 e. The number of rotatable bonds is 8. The van der Waals surface area contributed by atoms with E-state index in [1.165, 1.54) is 24.5 Å². The molecule has 1 saturated carbocycles. The number of benzene rings is 1. The normalized spacial score (nSPS) is 29.8. The molecular weight excluding hydrogens is 534 g/mol. The van der Waals surface area contributed by atoms with Gasteiger partial charge in [0, 0.05) is 41.3 Å². The third-order valence-corrected chi connectivity index (χ3v) is 8.86. The van der Waals surface area contributed by atoms with Crippen LogP contribution in [0.15, 0.2) is 46.0 Å². The molecular formula is C26H26F2N4O6S. The number of likely N-dealkylation sites (tertiary alicyclic amines) is 1. The van der Waals surface area contributed by atoms with Crippen LogP contribution < -0.4 is 5.32 Å².